The van der Waals surface area contributed by atoms with Gasteiger partial charge >= 0.3 is 5.97 Å². The lowest BCUT2D eigenvalue weighted by molar-refractivity contribution is 0.0601. The third-order valence-electron chi connectivity index (χ3n) is 3.19. The van der Waals surface area contributed by atoms with Crippen molar-refractivity contribution in [3.8, 4) is 0 Å². The van der Waals surface area contributed by atoms with Crippen molar-refractivity contribution in [1.82, 2.24) is 0 Å². The van der Waals surface area contributed by atoms with Crippen LogP contribution in [-0.2, 0) is 4.74 Å². The summed E-state index contributed by atoms with van der Waals surface area (Å²) in [6.45, 7) is 1.92. The molecule has 98 valence electrons. The summed E-state index contributed by atoms with van der Waals surface area (Å²) in [5, 5.41) is 0.511. The monoisotopic (exact) mass is 268 g/mol. The van der Waals surface area contributed by atoms with Crippen molar-refractivity contribution in [1.29, 1.82) is 0 Å². The van der Waals surface area contributed by atoms with Crippen LogP contribution in [0.2, 0.25) is 5.02 Å². The van der Waals surface area contributed by atoms with Crippen LogP contribution in [0.4, 0.5) is 11.4 Å². The molecule has 0 unspecified atom stereocenters. The molecule has 0 saturated carbocycles. The summed E-state index contributed by atoms with van der Waals surface area (Å²) in [5.41, 5.74) is 7.77. The number of anilines is 2. The zero-order chi connectivity index (χ0) is 13.1. The van der Waals surface area contributed by atoms with Gasteiger partial charge in [0.15, 0.2) is 0 Å². The molecule has 0 amide bonds. The maximum Gasteiger partial charge on any atom is 0.337 e. The van der Waals surface area contributed by atoms with Crippen LogP contribution < -0.4 is 10.6 Å². The molecule has 0 aromatic heterocycles. The lowest BCUT2D eigenvalue weighted by Gasteiger charge is -2.30. The van der Waals surface area contributed by atoms with E-state index in [1.807, 2.05) is 0 Å². The van der Waals surface area contributed by atoms with Crippen molar-refractivity contribution in [2.45, 2.75) is 19.3 Å². The topological polar surface area (TPSA) is 55.6 Å². The Morgan fingerprint density at radius 1 is 1.33 bits per heavy atom. The maximum absolute atomic E-state index is 11.5. The summed E-state index contributed by atoms with van der Waals surface area (Å²) < 4.78 is 4.66. The van der Waals surface area contributed by atoms with E-state index in [-0.39, 0.29) is 0 Å². The molecule has 1 aromatic rings. The zero-order valence-electron chi connectivity index (χ0n) is 10.4. The lowest BCUT2D eigenvalue weighted by Crippen LogP contribution is -2.30. The highest BCUT2D eigenvalue weighted by molar-refractivity contribution is 6.34. The number of esters is 1. The van der Waals surface area contributed by atoms with Crippen LogP contribution in [0, 0.1) is 0 Å². The molecule has 4 nitrogen and oxygen atoms in total. The first-order chi connectivity index (χ1) is 8.63. The fourth-order valence-corrected chi connectivity index (χ4v) is 2.65. The van der Waals surface area contributed by atoms with Gasteiger partial charge in [0.05, 0.1) is 29.1 Å². The third kappa shape index (κ3) is 2.53. The second-order valence-electron chi connectivity index (χ2n) is 4.44. The van der Waals surface area contributed by atoms with Gasteiger partial charge in [-0.3, -0.25) is 0 Å². The van der Waals surface area contributed by atoms with E-state index < -0.39 is 5.97 Å². The first kappa shape index (κ1) is 13.0. The fraction of sp³-hybridized carbons (Fsp3) is 0.462. The molecule has 1 aliphatic heterocycles. The molecule has 0 atom stereocenters. The van der Waals surface area contributed by atoms with Crippen LogP contribution in [-0.4, -0.2) is 26.2 Å². The number of carbonyl (C=O) groups excluding carboxylic acids is 1. The quantitative estimate of drug-likeness (QED) is 0.662. The first-order valence-electron chi connectivity index (χ1n) is 6.05. The highest BCUT2D eigenvalue weighted by Crippen LogP contribution is 2.35. The van der Waals surface area contributed by atoms with Gasteiger partial charge in [-0.15, -0.1) is 0 Å². The number of nitrogens with zero attached hydrogens (tertiary/aromatic N) is 1. The number of hydrogen-bond acceptors (Lipinski definition) is 4. The molecule has 5 heteroatoms. The van der Waals surface area contributed by atoms with E-state index in [1.165, 1.54) is 13.5 Å². The highest BCUT2D eigenvalue weighted by Gasteiger charge is 2.19. The minimum absolute atomic E-state index is 0.390. The number of nitrogens with two attached hydrogens (primary N) is 1. The second kappa shape index (κ2) is 5.48. The Hall–Kier alpha value is -1.42. The minimum atomic E-state index is -0.422. The van der Waals surface area contributed by atoms with Gasteiger partial charge in [0.25, 0.3) is 0 Å². The molecule has 1 aliphatic rings. The number of hydrogen-bond donors (Lipinski definition) is 1. The molecule has 0 spiro atoms. The van der Waals surface area contributed by atoms with Gasteiger partial charge in [0.2, 0.25) is 0 Å². The van der Waals surface area contributed by atoms with Gasteiger partial charge in [-0.1, -0.05) is 11.6 Å². The van der Waals surface area contributed by atoms with Crippen LogP contribution in [0.1, 0.15) is 29.6 Å². The lowest BCUT2D eigenvalue weighted by atomic mass is 10.1. The van der Waals surface area contributed by atoms with Crippen molar-refractivity contribution in [3.63, 3.8) is 0 Å². The Labute approximate surface area is 112 Å². The molecule has 0 radical (unpaired) electrons. The molecule has 1 aromatic carbocycles. The average Bonchev–Trinajstić information content (AvgIpc) is 2.38. The van der Waals surface area contributed by atoms with E-state index in [0.29, 0.717) is 16.3 Å². The molecular formula is C13H17ClN2O2. The Morgan fingerprint density at radius 2 is 2.00 bits per heavy atom. The molecule has 2 rings (SSSR count). The van der Waals surface area contributed by atoms with E-state index in [1.54, 1.807) is 12.1 Å². The van der Waals surface area contributed by atoms with Crippen LogP contribution >= 0.6 is 11.6 Å². The van der Waals surface area contributed by atoms with E-state index in [4.69, 9.17) is 17.3 Å². The second-order valence-corrected chi connectivity index (χ2v) is 4.84. The first-order valence-corrected chi connectivity index (χ1v) is 6.43. The molecular weight excluding hydrogens is 252 g/mol. The summed E-state index contributed by atoms with van der Waals surface area (Å²) in [4.78, 5) is 13.6. The Kier molecular flexibility index (Phi) is 3.97. The summed E-state index contributed by atoms with van der Waals surface area (Å²) in [6, 6.07) is 3.25. The molecule has 1 saturated heterocycles. The Bertz CT molecular complexity index is 433. The third-order valence-corrected chi connectivity index (χ3v) is 3.47. The normalized spacial score (nSPS) is 15.6. The number of benzene rings is 1. The number of methoxy groups -OCH3 is 1. The molecule has 2 N–H and O–H groups in total. The minimum Gasteiger partial charge on any atom is -0.465 e. The van der Waals surface area contributed by atoms with E-state index in [0.717, 1.165) is 31.6 Å². The summed E-state index contributed by atoms with van der Waals surface area (Å²) in [5.74, 6) is -0.422. The van der Waals surface area contributed by atoms with Gasteiger partial charge in [-0.05, 0) is 31.4 Å². The van der Waals surface area contributed by atoms with Crippen molar-refractivity contribution in [3.05, 3.63) is 22.7 Å². The van der Waals surface area contributed by atoms with Crippen molar-refractivity contribution in [2.75, 3.05) is 30.8 Å². The number of carbonyl (C=O) groups is 1. The summed E-state index contributed by atoms with van der Waals surface area (Å²) >= 11 is 6.24. The van der Waals surface area contributed by atoms with Crippen LogP contribution in [0.25, 0.3) is 0 Å². The largest absolute Gasteiger partial charge is 0.465 e. The Morgan fingerprint density at radius 3 is 2.56 bits per heavy atom. The predicted molar refractivity (Wildman–Crippen MR) is 73.3 cm³/mol. The van der Waals surface area contributed by atoms with Gasteiger partial charge < -0.3 is 15.4 Å². The fourth-order valence-electron chi connectivity index (χ4n) is 2.31. The number of halogens is 1. The SMILES string of the molecule is COC(=O)c1cc(N)c(N2CCCCC2)c(Cl)c1. The van der Waals surface area contributed by atoms with Gasteiger partial charge in [-0.2, -0.15) is 0 Å². The van der Waals surface area contributed by atoms with Crippen molar-refractivity contribution >= 4 is 28.9 Å². The summed E-state index contributed by atoms with van der Waals surface area (Å²) in [7, 11) is 1.34. The Balaban J connectivity index is 2.34. The van der Waals surface area contributed by atoms with E-state index >= 15 is 0 Å². The number of nitrogen functional groups attached to an aromatic ring is 1. The number of rotatable bonds is 2. The zero-order valence-corrected chi connectivity index (χ0v) is 11.2. The smallest absolute Gasteiger partial charge is 0.337 e. The van der Waals surface area contributed by atoms with Crippen LogP contribution in [0.15, 0.2) is 12.1 Å². The maximum atomic E-state index is 11.5. The highest BCUT2D eigenvalue weighted by atomic mass is 35.5. The molecule has 0 aliphatic carbocycles. The van der Waals surface area contributed by atoms with Crippen molar-refractivity contribution < 1.29 is 9.53 Å². The van der Waals surface area contributed by atoms with Crippen molar-refractivity contribution in [2.24, 2.45) is 0 Å². The molecule has 1 heterocycles. The van der Waals surface area contributed by atoms with Crippen LogP contribution in [0.5, 0.6) is 0 Å². The molecule has 1 fully saturated rings. The van der Waals surface area contributed by atoms with E-state index in [9.17, 15) is 4.79 Å². The summed E-state index contributed by atoms with van der Waals surface area (Å²) in [6.07, 6.45) is 3.54. The molecule has 18 heavy (non-hydrogen) atoms. The number of piperidine rings is 1. The van der Waals surface area contributed by atoms with Crippen LogP contribution in [0.3, 0.4) is 0 Å². The number of ether oxygens (including phenoxy) is 1. The van der Waals surface area contributed by atoms with Gasteiger partial charge in [-0.25, -0.2) is 4.79 Å². The average molecular weight is 269 g/mol. The molecule has 0 bridgehead atoms. The van der Waals surface area contributed by atoms with Gasteiger partial charge in [0, 0.05) is 13.1 Å². The predicted octanol–water partition coefficient (Wildman–Crippen LogP) is 2.70. The van der Waals surface area contributed by atoms with E-state index in [2.05, 4.69) is 9.64 Å². The standard InChI is InChI=1S/C13H17ClN2O2/c1-18-13(17)9-7-10(14)12(11(15)8-9)16-5-3-2-4-6-16/h7-8H,2-6,15H2,1H3. The van der Waals surface area contributed by atoms with Gasteiger partial charge in [0.1, 0.15) is 0 Å².